The molecule has 0 saturated heterocycles. The zero-order valence-corrected chi connectivity index (χ0v) is 17.7. The monoisotopic (exact) mass is 458 g/mol. The van der Waals surface area contributed by atoms with Crippen LogP contribution in [-0.2, 0) is 21.2 Å². The van der Waals surface area contributed by atoms with E-state index in [4.69, 9.17) is 32.7 Å². The third-order valence-electron chi connectivity index (χ3n) is 4.25. The van der Waals surface area contributed by atoms with Gasteiger partial charge >= 0.3 is 0 Å². The lowest BCUT2D eigenvalue weighted by Gasteiger charge is -2.08. The smallest absolute Gasteiger partial charge is 0.240 e. The molecule has 0 spiro atoms. The molecule has 0 aromatic heterocycles. The molecule has 2 aromatic rings. The molecular formula is C19H20Cl2N2O5S. The minimum Gasteiger partial charge on any atom is -0.454 e. The van der Waals surface area contributed by atoms with E-state index >= 15 is 0 Å². The molecule has 1 amide bonds. The number of halogens is 2. The van der Waals surface area contributed by atoms with Gasteiger partial charge in [-0.1, -0.05) is 29.3 Å². The number of ether oxygens (including phenoxy) is 2. The SMILES string of the molecule is O=C(CCCNS(=O)(=O)c1ccc(Cl)c(Cl)c1)NCCc1ccc2c(c1)OCO2. The highest BCUT2D eigenvalue weighted by Crippen LogP contribution is 2.32. The van der Waals surface area contributed by atoms with E-state index in [2.05, 4.69) is 10.0 Å². The summed E-state index contributed by atoms with van der Waals surface area (Å²) in [5, 5.41) is 3.27. The first-order valence-corrected chi connectivity index (χ1v) is 11.2. The van der Waals surface area contributed by atoms with Crippen molar-refractivity contribution in [1.29, 1.82) is 0 Å². The summed E-state index contributed by atoms with van der Waals surface area (Å²) in [6.45, 7) is 0.843. The van der Waals surface area contributed by atoms with Gasteiger partial charge in [0, 0.05) is 19.5 Å². The Hall–Kier alpha value is -2.00. The molecule has 3 rings (SSSR count). The number of fused-ring (bicyclic) bond motifs is 1. The molecule has 0 saturated carbocycles. The molecule has 2 N–H and O–H groups in total. The van der Waals surface area contributed by atoms with Crippen molar-refractivity contribution in [3.8, 4) is 11.5 Å². The van der Waals surface area contributed by atoms with Crippen molar-refractivity contribution in [2.24, 2.45) is 0 Å². The number of carbonyl (C=O) groups excluding carboxylic acids is 1. The van der Waals surface area contributed by atoms with Gasteiger partial charge in [0.25, 0.3) is 0 Å². The van der Waals surface area contributed by atoms with Gasteiger partial charge in [-0.15, -0.1) is 0 Å². The first-order chi connectivity index (χ1) is 13.8. The van der Waals surface area contributed by atoms with Gasteiger partial charge in [0.05, 0.1) is 14.9 Å². The molecule has 0 aliphatic carbocycles. The molecule has 0 fully saturated rings. The molecule has 10 heteroatoms. The predicted molar refractivity (Wildman–Crippen MR) is 110 cm³/mol. The van der Waals surface area contributed by atoms with E-state index < -0.39 is 10.0 Å². The summed E-state index contributed by atoms with van der Waals surface area (Å²) in [5.74, 6) is 1.30. The fourth-order valence-electron chi connectivity index (χ4n) is 2.71. The van der Waals surface area contributed by atoms with Crippen LogP contribution in [0.1, 0.15) is 18.4 Å². The normalized spacial score (nSPS) is 12.8. The van der Waals surface area contributed by atoms with E-state index in [1.54, 1.807) is 0 Å². The van der Waals surface area contributed by atoms with Crippen molar-refractivity contribution in [2.45, 2.75) is 24.2 Å². The van der Waals surface area contributed by atoms with E-state index in [0.717, 1.165) is 11.3 Å². The zero-order chi connectivity index (χ0) is 20.9. The molecule has 0 unspecified atom stereocenters. The third kappa shape index (κ3) is 5.99. The lowest BCUT2D eigenvalue weighted by Crippen LogP contribution is -2.28. The Labute approximate surface area is 179 Å². The van der Waals surface area contributed by atoms with Gasteiger partial charge in [-0.05, 0) is 48.7 Å². The van der Waals surface area contributed by atoms with Crippen molar-refractivity contribution >= 4 is 39.1 Å². The van der Waals surface area contributed by atoms with Crippen LogP contribution in [0.5, 0.6) is 11.5 Å². The van der Waals surface area contributed by atoms with Crippen molar-refractivity contribution in [3.63, 3.8) is 0 Å². The van der Waals surface area contributed by atoms with E-state index in [1.165, 1.54) is 18.2 Å². The summed E-state index contributed by atoms with van der Waals surface area (Å²) in [7, 11) is -3.70. The maximum atomic E-state index is 12.2. The molecule has 1 aliphatic heterocycles. The summed E-state index contributed by atoms with van der Waals surface area (Å²) < 4.78 is 37.5. The van der Waals surface area contributed by atoms with Gasteiger partial charge in [-0.3, -0.25) is 4.79 Å². The van der Waals surface area contributed by atoms with Crippen LogP contribution < -0.4 is 19.5 Å². The Bertz CT molecular complexity index is 998. The van der Waals surface area contributed by atoms with Gasteiger partial charge in [-0.2, -0.15) is 0 Å². The highest BCUT2D eigenvalue weighted by atomic mass is 35.5. The number of amides is 1. The molecule has 0 bridgehead atoms. The van der Waals surface area contributed by atoms with Crippen LogP contribution in [0.15, 0.2) is 41.3 Å². The van der Waals surface area contributed by atoms with E-state index in [9.17, 15) is 13.2 Å². The second kappa shape index (κ2) is 9.67. The molecule has 2 aromatic carbocycles. The van der Waals surface area contributed by atoms with Crippen molar-refractivity contribution < 1.29 is 22.7 Å². The largest absolute Gasteiger partial charge is 0.454 e. The minimum absolute atomic E-state index is 0.0278. The number of rotatable bonds is 9. The average Bonchev–Trinajstić information content (AvgIpc) is 3.15. The zero-order valence-electron chi connectivity index (χ0n) is 15.4. The molecule has 1 aliphatic rings. The van der Waals surface area contributed by atoms with Gasteiger partial charge in [-0.25, -0.2) is 13.1 Å². The Balaban J connectivity index is 1.36. The summed E-state index contributed by atoms with van der Waals surface area (Å²) in [6, 6.07) is 9.75. The van der Waals surface area contributed by atoms with E-state index in [1.807, 2.05) is 18.2 Å². The fourth-order valence-corrected chi connectivity index (χ4v) is 4.18. The average molecular weight is 459 g/mol. The number of hydrogen-bond donors (Lipinski definition) is 2. The number of carbonyl (C=O) groups is 1. The number of hydrogen-bond acceptors (Lipinski definition) is 5. The molecular weight excluding hydrogens is 439 g/mol. The molecule has 156 valence electrons. The van der Waals surface area contributed by atoms with Crippen LogP contribution in [-0.4, -0.2) is 34.2 Å². The summed E-state index contributed by atoms with van der Waals surface area (Å²) in [6.07, 6.45) is 1.24. The summed E-state index contributed by atoms with van der Waals surface area (Å²) >= 11 is 11.6. The van der Waals surface area contributed by atoms with Crippen LogP contribution >= 0.6 is 23.2 Å². The number of benzene rings is 2. The second-order valence-corrected chi connectivity index (χ2v) is 8.95. The Morgan fingerprint density at radius 2 is 1.79 bits per heavy atom. The number of sulfonamides is 1. The molecule has 0 radical (unpaired) electrons. The first kappa shape index (κ1) is 21.7. The van der Waals surface area contributed by atoms with Crippen LogP contribution in [0.4, 0.5) is 0 Å². The molecule has 7 nitrogen and oxygen atoms in total. The van der Waals surface area contributed by atoms with Crippen molar-refractivity contribution in [2.75, 3.05) is 19.9 Å². The van der Waals surface area contributed by atoms with Crippen LogP contribution in [0.3, 0.4) is 0 Å². The molecule has 0 atom stereocenters. The van der Waals surface area contributed by atoms with Gasteiger partial charge in [0.15, 0.2) is 11.5 Å². The lowest BCUT2D eigenvalue weighted by molar-refractivity contribution is -0.121. The topological polar surface area (TPSA) is 93.7 Å². The van der Waals surface area contributed by atoms with Gasteiger partial charge < -0.3 is 14.8 Å². The third-order valence-corrected chi connectivity index (χ3v) is 6.44. The van der Waals surface area contributed by atoms with E-state index in [0.29, 0.717) is 25.1 Å². The van der Waals surface area contributed by atoms with Crippen LogP contribution in [0.2, 0.25) is 10.0 Å². The summed E-state index contributed by atoms with van der Waals surface area (Å²) in [4.78, 5) is 12.0. The predicted octanol–water partition coefficient (Wildman–Crippen LogP) is 3.14. The van der Waals surface area contributed by atoms with E-state index in [-0.39, 0.29) is 40.6 Å². The Kier molecular flexibility index (Phi) is 7.23. The molecule has 29 heavy (non-hydrogen) atoms. The Morgan fingerprint density at radius 3 is 2.59 bits per heavy atom. The summed E-state index contributed by atoms with van der Waals surface area (Å²) in [5.41, 5.74) is 1.03. The van der Waals surface area contributed by atoms with Gasteiger partial charge in [0.2, 0.25) is 22.7 Å². The van der Waals surface area contributed by atoms with Crippen LogP contribution in [0, 0.1) is 0 Å². The lowest BCUT2D eigenvalue weighted by atomic mass is 10.1. The molecule has 1 heterocycles. The number of nitrogens with one attached hydrogen (secondary N) is 2. The maximum Gasteiger partial charge on any atom is 0.240 e. The quantitative estimate of drug-likeness (QED) is 0.562. The second-order valence-electron chi connectivity index (χ2n) is 6.36. The maximum absolute atomic E-state index is 12.2. The minimum atomic E-state index is -3.70. The standard InChI is InChI=1S/C19H20Cl2N2O5S/c20-15-5-4-14(11-16(15)21)29(25,26)23-8-1-2-19(24)22-9-7-13-3-6-17-18(10-13)28-12-27-17/h3-6,10-11,23H,1-2,7-9,12H2,(H,22,24). The van der Waals surface area contributed by atoms with Crippen molar-refractivity contribution in [3.05, 3.63) is 52.0 Å². The van der Waals surface area contributed by atoms with Crippen LogP contribution in [0.25, 0.3) is 0 Å². The first-order valence-electron chi connectivity index (χ1n) is 8.95. The highest BCUT2D eigenvalue weighted by molar-refractivity contribution is 7.89. The Morgan fingerprint density at radius 1 is 1.00 bits per heavy atom. The van der Waals surface area contributed by atoms with Gasteiger partial charge in [0.1, 0.15) is 0 Å². The fraction of sp³-hybridized carbons (Fsp3) is 0.316. The highest BCUT2D eigenvalue weighted by Gasteiger charge is 2.15. The van der Waals surface area contributed by atoms with Crippen molar-refractivity contribution in [1.82, 2.24) is 10.0 Å².